The van der Waals surface area contributed by atoms with E-state index in [4.69, 9.17) is 16.6 Å². The van der Waals surface area contributed by atoms with Gasteiger partial charge in [0.25, 0.3) is 0 Å². The number of halogens is 1. The molecule has 2 N–H and O–H groups in total. The number of hydrogen-bond acceptors (Lipinski definition) is 9. The van der Waals surface area contributed by atoms with E-state index in [9.17, 15) is 10.5 Å². The average Bonchev–Trinajstić information content (AvgIpc) is 3.48. The maximum atomic E-state index is 9.88. The molecule has 0 aliphatic carbocycles. The molecule has 2 aromatic heterocycles. The third-order valence-corrected chi connectivity index (χ3v) is 7.90. The van der Waals surface area contributed by atoms with Gasteiger partial charge >= 0.3 is 0 Å². The Morgan fingerprint density at radius 1 is 1.00 bits per heavy atom. The van der Waals surface area contributed by atoms with Crippen molar-refractivity contribution in [1.82, 2.24) is 24.9 Å². The molecule has 6 rings (SSSR count). The van der Waals surface area contributed by atoms with Crippen LogP contribution < -0.4 is 20.4 Å². The molecule has 43 heavy (non-hydrogen) atoms. The van der Waals surface area contributed by atoms with Gasteiger partial charge in [0.1, 0.15) is 6.07 Å². The first-order valence-electron chi connectivity index (χ1n) is 14.1. The molecule has 0 atom stereocenters. The van der Waals surface area contributed by atoms with Crippen LogP contribution in [0.15, 0.2) is 79.0 Å². The molecule has 1 fully saturated rings. The van der Waals surface area contributed by atoms with Crippen LogP contribution in [0.25, 0.3) is 5.65 Å². The molecule has 0 radical (unpaired) electrons. The standard InChI is InChI=1S/C32H29ClN10/c1-2-42(29(23-9-5-3-6-10-23)24-11-7-4-8-12-24)31-30-37-21-25(20-35)43(30)40-32(39-31)38-26-17-22(19-34)18-27(28(26)33)41-15-13-36-14-16-41/h3-12,17-18,21,29,36H,2,13-16H2,1H3,(H,38,40). The highest BCUT2D eigenvalue weighted by Gasteiger charge is 2.27. The first-order valence-corrected chi connectivity index (χ1v) is 14.5. The van der Waals surface area contributed by atoms with E-state index in [2.05, 4.69) is 73.8 Å². The van der Waals surface area contributed by atoms with Crippen molar-refractivity contribution in [3.63, 3.8) is 0 Å². The Labute approximate surface area is 254 Å². The molecule has 0 amide bonds. The van der Waals surface area contributed by atoms with Crippen molar-refractivity contribution in [1.29, 1.82) is 10.5 Å². The van der Waals surface area contributed by atoms with Crippen molar-refractivity contribution in [2.45, 2.75) is 13.0 Å². The maximum Gasteiger partial charge on any atom is 0.247 e. The maximum absolute atomic E-state index is 9.88. The monoisotopic (exact) mass is 588 g/mol. The summed E-state index contributed by atoms with van der Waals surface area (Å²) in [6.07, 6.45) is 1.50. The summed E-state index contributed by atoms with van der Waals surface area (Å²) in [5, 5.41) is 31.4. The normalized spacial score (nSPS) is 13.1. The van der Waals surface area contributed by atoms with Crippen molar-refractivity contribution in [2.24, 2.45) is 0 Å². The van der Waals surface area contributed by atoms with Gasteiger partial charge in [-0.3, -0.25) is 0 Å². The first kappa shape index (κ1) is 28.0. The third-order valence-electron chi connectivity index (χ3n) is 7.50. The van der Waals surface area contributed by atoms with Gasteiger partial charge in [0.2, 0.25) is 5.95 Å². The predicted molar refractivity (Wildman–Crippen MR) is 168 cm³/mol. The van der Waals surface area contributed by atoms with Crippen LogP contribution in [0.4, 0.5) is 23.1 Å². The zero-order valence-electron chi connectivity index (χ0n) is 23.6. The summed E-state index contributed by atoms with van der Waals surface area (Å²) in [5.41, 5.74) is 4.63. The second kappa shape index (κ2) is 12.4. The zero-order valence-corrected chi connectivity index (χ0v) is 24.3. The molecule has 0 saturated carbocycles. The highest BCUT2D eigenvalue weighted by atomic mass is 35.5. The molecule has 0 bridgehead atoms. The molecule has 11 heteroatoms. The molecule has 1 aliphatic heterocycles. The zero-order chi connectivity index (χ0) is 29.8. The summed E-state index contributed by atoms with van der Waals surface area (Å²) in [5.74, 6) is 0.771. The lowest BCUT2D eigenvalue weighted by Gasteiger charge is -2.33. The van der Waals surface area contributed by atoms with Crippen molar-refractivity contribution < 1.29 is 0 Å². The Morgan fingerprint density at radius 2 is 1.67 bits per heavy atom. The Morgan fingerprint density at radius 3 is 2.28 bits per heavy atom. The van der Waals surface area contributed by atoms with Gasteiger partial charge < -0.3 is 20.4 Å². The van der Waals surface area contributed by atoms with Gasteiger partial charge in [-0.05, 0) is 30.2 Å². The highest BCUT2D eigenvalue weighted by molar-refractivity contribution is 6.36. The van der Waals surface area contributed by atoms with Crippen LogP contribution in [0, 0.1) is 22.7 Å². The van der Waals surface area contributed by atoms with Crippen molar-refractivity contribution in [3.05, 3.63) is 106 Å². The molecule has 0 spiro atoms. The van der Waals surface area contributed by atoms with E-state index < -0.39 is 0 Å². The summed E-state index contributed by atoms with van der Waals surface area (Å²) < 4.78 is 1.50. The smallest absolute Gasteiger partial charge is 0.247 e. The molecule has 0 unspecified atom stereocenters. The number of piperazine rings is 1. The quantitative estimate of drug-likeness (QED) is 0.249. The molecule has 1 saturated heterocycles. The van der Waals surface area contributed by atoms with E-state index in [1.165, 1.54) is 10.7 Å². The van der Waals surface area contributed by atoms with Crippen LogP contribution >= 0.6 is 11.6 Å². The lowest BCUT2D eigenvalue weighted by molar-refractivity contribution is 0.589. The number of nitrogens with one attached hydrogen (secondary N) is 2. The fraction of sp³-hybridized carbons (Fsp3) is 0.219. The van der Waals surface area contributed by atoms with E-state index in [0.717, 1.165) is 43.0 Å². The van der Waals surface area contributed by atoms with E-state index in [1.807, 2.05) is 36.4 Å². The number of hydrogen-bond donors (Lipinski definition) is 2. The Hall–Kier alpha value is -5.16. The molecule has 3 aromatic carbocycles. The lowest BCUT2D eigenvalue weighted by Crippen LogP contribution is -2.43. The third kappa shape index (κ3) is 5.54. The largest absolute Gasteiger partial charge is 0.368 e. The first-order chi connectivity index (χ1) is 21.1. The number of fused-ring (bicyclic) bond motifs is 1. The van der Waals surface area contributed by atoms with E-state index in [-0.39, 0.29) is 17.7 Å². The minimum absolute atomic E-state index is 0.189. The second-order valence-corrected chi connectivity index (χ2v) is 10.5. The molecular weight excluding hydrogens is 560 g/mol. The fourth-order valence-corrected chi connectivity index (χ4v) is 5.76. The molecule has 10 nitrogen and oxygen atoms in total. The van der Waals surface area contributed by atoms with E-state index >= 15 is 0 Å². The van der Waals surface area contributed by atoms with Gasteiger partial charge in [-0.1, -0.05) is 72.3 Å². The van der Waals surface area contributed by atoms with E-state index in [0.29, 0.717) is 34.3 Å². The van der Waals surface area contributed by atoms with Gasteiger partial charge in [-0.2, -0.15) is 20.0 Å². The average molecular weight is 589 g/mol. The van der Waals surface area contributed by atoms with Gasteiger partial charge in [0.15, 0.2) is 17.2 Å². The molecule has 1 aliphatic rings. The summed E-state index contributed by atoms with van der Waals surface area (Å²) in [6, 6.07) is 28.2. The summed E-state index contributed by atoms with van der Waals surface area (Å²) in [7, 11) is 0. The lowest BCUT2D eigenvalue weighted by atomic mass is 9.97. The van der Waals surface area contributed by atoms with Crippen LogP contribution in [0.2, 0.25) is 5.02 Å². The number of aromatic nitrogens is 4. The summed E-state index contributed by atoms with van der Waals surface area (Å²) >= 11 is 6.95. The number of anilines is 4. The topological polar surface area (TPSA) is 121 Å². The number of nitrogens with zero attached hydrogens (tertiary/aromatic N) is 8. The summed E-state index contributed by atoms with van der Waals surface area (Å²) in [6.45, 7) is 5.85. The van der Waals surface area contributed by atoms with Crippen LogP contribution in [0.5, 0.6) is 0 Å². The molecule has 5 aromatic rings. The van der Waals surface area contributed by atoms with Gasteiger partial charge in [0, 0.05) is 32.7 Å². The number of imidazole rings is 1. The van der Waals surface area contributed by atoms with Crippen LogP contribution in [-0.2, 0) is 0 Å². The van der Waals surface area contributed by atoms with Crippen molar-refractivity contribution in [2.75, 3.05) is 47.8 Å². The minimum Gasteiger partial charge on any atom is -0.368 e. The van der Waals surface area contributed by atoms with Gasteiger partial charge in [-0.15, -0.1) is 5.10 Å². The SMILES string of the molecule is CCN(c1nc(Nc2cc(C#N)cc(N3CCNCC3)c2Cl)nn2c(C#N)cnc12)C(c1ccccc1)c1ccccc1. The molecular formula is C32H29ClN10. The molecule has 214 valence electrons. The second-order valence-electron chi connectivity index (χ2n) is 10.1. The van der Waals surface area contributed by atoms with Crippen LogP contribution in [-0.4, -0.2) is 52.3 Å². The Kier molecular flexibility index (Phi) is 8.05. The number of benzene rings is 3. The fourth-order valence-electron chi connectivity index (χ4n) is 5.49. The number of rotatable bonds is 8. The number of nitriles is 2. The van der Waals surface area contributed by atoms with Crippen molar-refractivity contribution >= 4 is 40.4 Å². The predicted octanol–water partition coefficient (Wildman–Crippen LogP) is 5.29. The Bertz CT molecular complexity index is 1780. The van der Waals surface area contributed by atoms with Gasteiger partial charge in [0.05, 0.1) is 40.3 Å². The minimum atomic E-state index is -0.189. The van der Waals surface area contributed by atoms with Gasteiger partial charge in [-0.25, -0.2) is 4.98 Å². The summed E-state index contributed by atoms with van der Waals surface area (Å²) in [4.78, 5) is 13.8. The highest BCUT2D eigenvalue weighted by Crippen LogP contribution is 2.38. The van der Waals surface area contributed by atoms with Crippen molar-refractivity contribution in [3.8, 4) is 12.1 Å². The van der Waals surface area contributed by atoms with E-state index in [1.54, 1.807) is 12.1 Å². The Balaban J connectivity index is 1.49. The van der Waals surface area contributed by atoms with Crippen LogP contribution in [0.3, 0.4) is 0 Å². The molecule has 3 heterocycles. The van der Waals surface area contributed by atoms with Crippen LogP contribution in [0.1, 0.15) is 35.3 Å².